The van der Waals surface area contributed by atoms with Gasteiger partial charge in [0, 0.05) is 0 Å². The van der Waals surface area contributed by atoms with Crippen molar-refractivity contribution in [3.63, 3.8) is 0 Å². The molecule has 9 nitrogen and oxygen atoms in total. The Hall–Kier alpha value is -3.75. The third-order valence-electron chi connectivity index (χ3n) is 4.73. The first-order valence-electron chi connectivity index (χ1n) is 9.72. The van der Waals surface area contributed by atoms with E-state index in [2.05, 4.69) is 10.1 Å². The lowest BCUT2D eigenvalue weighted by molar-refractivity contribution is -0.123. The normalized spacial score (nSPS) is 15.7. The molecule has 0 unspecified atom stereocenters. The summed E-state index contributed by atoms with van der Waals surface area (Å²) < 4.78 is 21.1. The number of carbonyl (C=O) groups excluding carboxylic acids is 3. The number of ether oxygens (including phenoxy) is 3. The highest BCUT2D eigenvalue weighted by molar-refractivity contribution is 6.13. The summed E-state index contributed by atoms with van der Waals surface area (Å²) in [5.41, 5.74) is 0.771. The van der Waals surface area contributed by atoms with Gasteiger partial charge in [-0.3, -0.25) is 9.69 Å². The summed E-state index contributed by atoms with van der Waals surface area (Å²) in [4.78, 5) is 37.5. The van der Waals surface area contributed by atoms with Crippen LogP contribution >= 0.6 is 0 Å². The van der Waals surface area contributed by atoms with Crippen LogP contribution in [0.15, 0.2) is 40.4 Å². The molecule has 0 radical (unpaired) electrons. The summed E-state index contributed by atoms with van der Waals surface area (Å²) in [7, 11) is 2.77. The van der Waals surface area contributed by atoms with Gasteiger partial charge in [-0.05, 0) is 49.2 Å². The molecule has 1 atom stereocenters. The van der Waals surface area contributed by atoms with Crippen molar-refractivity contribution in [2.24, 2.45) is 0 Å². The summed E-state index contributed by atoms with van der Waals surface area (Å²) in [5.74, 6) is 0.236. The van der Waals surface area contributed by atoms with Crippen LogP contribution in [-0.4, -0.2) is 43.1 Å². The molecule has 1 fully saturated rings. The first kappa shape index (κ1) is 21.9. The Bertz CT molecular complexity index is 1020. The Kier molecular flexibility index (Phi) is 6.64. The van der Waals surface area contributed by atoms with Crippen LogP contribution in [0.3, 0.4) is 0 Å². The highest BCUT2D eigenvalue weighted by Gasteiger charge is 2.34. The van der Waals surface area contributed by atoms with E-state index in [0.717, 1.165) is 11.3 Å². The summed E-state index contributed by atoms with van der Waals surface area (Å²) in [6.07, 6.45) is 2.43. The lowest BCUT2D eigenvalue weighted by Gasteiger charge is -2.15. The van der Waals surface area contributed by atoms with Crippen LogP contribution < -0.4 is 14.8 Å². The largest absolute Gasteiger partial charge is 0.493 e. The molecule has 9 heteroatoms. The van der Waals surface area contributed by atoms with Crippen LogP contribution in [0.5, 0.6) is 11.5 Å². The summed E-state index contributed by atoms with van der Waals surface area (Å²) in [5, 5.41) is 2.55. The number of imide groups is 1. The van der Waals surface area contributed by atoms with Gasteiger partial charge in [-0.25, -0.2) is 9.59 Å². The van der Waals surface area contributed by atoms with E-state index in [-0.39, 0.29) is 29.9 Å². The molecule has 1 aliphatic rings. The number of amides is 3. The molecule has 0 aliphatic carbocycles. The Morgan fingerprint density at radius 3 is 2.65 bits per heavy atom. The molecule has 164 valence electrons. The molecule has 1 saturated heterocycles. The number of carbonyl (C=O) groups is 3. The Morgan fingerprint density at radius 2 is 1.97 bits per heavy atom. The second kappa shape index (κ2) is 9.38. The van der Waals surface area contributed by atoms with Gasteiger partial charge in [0.05, 0.1) is 26.9 Å². The van der Waals surface area contributed by atoms with Gasteiger partial charge in [-0.2, -0.15) is 0 Å². The zero-order chi connectivity index (χ0) is 22.5. The van der Waals surface area contributed by atoms with Gasteiger partial charge in [0.25, 0.3) is 5.91 Å². The van der Waals surface area contributed by atoms with E-state index in [1.807, 2.05) is 13.8 Å². The number of rotatable bonds is 8. The van der Waals surface area contributed by atoms with Crippen LogP contribution in [0.2, 0.25) is 0 Å². The summed E-state index contributed by atoms with van der Waals surface area (Å²) in [6, 6.07) is 7.59. The Labute approximate surface area is 179 Å². The molecule has 2 heterocycles. The van der Waals surface area contributed by atoms with E-state index >= 15 is 0 Å². The highest BCUT2D eigenvalue weighted by atomic mass is 16.5. The monoisotopic (exact) mass is 428 g/mol. The maximum Gasteiger partial charge on any atom is 0.373 e. The quantitative estimate of drug-likeness (QED) is 0.390. The molecule has 3 amide bonds. The minimum absolute atomic E-state index is 0.00730. The second-order valence-electron chi connectivity index (χ2n) is 6.88. The fourth-order valence-corrected chi connectivity index (χ4v) is 2.88. The van der Waals surface area contributed by atoms with E-state index in [0.29, 0.717) is 17.1 Å². The molecular weight excluding hydrogens is 404 g/mol. The first-order valence-corrected chi connectivity index (χ1v) is 9.72. The standard InChI is InChI=1S/C22H24N2O7/c1-5-13(2)30-17-8-6-14(11-19(17)28-3)10-16-20(25)24(22(27)23-16)12-15-7-9-18(31-15)21(26)29-4/h6-11,13H,5,12H2,1-4H3,(H,23,27)/b16-10-/t13-/m1/s1. The predicted octanol–water partition coefficient (Wildman–Crippen LogP) is 3.35. The fraction of sp³-hybridized carbons (Fsp3) is 0.318. The van der Waals surface area contributed by atoms with Crippen LogP contribution in [0, 0.1) is 0 Å². The van der Waals surface area contributed by atoms with E-state index in [4.69, 9.17) is 13.9 Å². The predicted molar refractivity (Wildman–Crippen MR) is 110 cm³/mol. The molecule has 2 aromatic rings. The van der Waals surface area contributed by atoms with Crippen molar-refractivity contribution in [2.45, 2.75) is 32.9 Å². The molecule has 1 aliphatic heterocycles. The molecule has 0 bridgehead atoms. The van der Waals surface area contributed by atoms with Crippen LogP contribution in [0.4, 0.5) is 4.79 Å². The Morgan fingerprint density at radius 1 is 1.19 bits per heavy atom. The number of nitrogens with zero attached hydrogens (tertiary/aromatic N) is 1. The van der Waals surface area contributed by atoms with Crippen LogP contribution in [-0.2, 0) is 16.1 Å². The van der Waals surface area contributed by atoms with Gasteiger partial charge in [0.2, 0.25) is 5.76 Å². The van der Waals surface area contributed by atoms with E-state index < -0.39 is 17.9 Å². The Balaban J connectivity index is 1.76. The second-order valence-corrected chi connectivity index (χ2v) is 6.88. The van der Waals surface area contributed by atoms with Crippen LogP contribution in [0.25, 0.3) is 6.08 Å². The minimum atomic E-state index is -0.640. The molecule has 0 spiro atoms. The van der Waals surface area contributed by atoms with E-state index in [9.17, 15) is 14.4 Å². The van der Waals surface area contributed by atoms with Gasteiger partial charge in [-0.15, -0.1) is 0 Å². The van der Waals surface area contributed by atoms with E-state index in [1.165, 1.54) is 26.4 Å². The minimum Gasteiger partial charge on any atom is -0.493 e. The molecular formula is C22H24N2O7. The van der Waals surface area contributed by atoms with Crippen molar-refractivity contribution in [3.8, 4) is 11.5 Å². The number of hydrogen-bond donors (Lipinski definition) is 1. The van der Waals surface area contributed by atoms with Crippen molar-refractivity contribution in [1.82, 2.24) is 10.2 Å². The van der Waals surface area contributed by atoms with Crippen molar-refractivity contribution in [3.05, 3.63) is 53.1 Å². The molecule has 3 rings (SSSR count). The fourth-order valence-electron chi connectivity index (χ4n) is 2.88. The van der Waals surface area contributed by atoms with Crippen LogP contribution in [0.1, 0.15) is 42.1 Å². The first-order chi connectivity index (χ1) is 14.9. The number of furan rings is 1. The average Bonchev–Trinajstić information content (AvgIpc) is 3.34. The smallest absolute Gasteiger partial charge is 0.373 e. The maximum absolute atomic E-state index is 12.7. The topological polar surface area (TPSA) is 107 Å². The lowest BCUT2D eigenvalue weighted by atomic mass is 10.1. The number of hydrogen-bond acceptors (Lipinski definition) is 7. The maximum atomic E-state index is 12.7. The summed E-state index contributed by atoms with van der Waals surface area (Å²) in [6.45, 7) is 3.86. The number of methoxy groups -OCH3 is 2. The van der Waals surface area contributed by atoms with Crippen molar-refractivity contribution >= 4 is 24.0 Å². The van der Waals surface area contributed by atoms with Crippen molar-refractivity contribution < 1.29 is 33.0 Å². The number of urea groups is 1. The summed E-state index contributed by atoms with van der Waals surface area (Å²) >= 11 is 0. The van der Waals surface area contributed by atoms with Crippen molar-refractivity contribution in [2.75, 3.05) is 14.2 Å². The lowest BCUT2D eigenvalue weighted by Crippen LogP contribution is -2.30. The third kappa shape index (κ3) is 4.88. The van der Waals surface area contributed by atoms with Gasteiger partial charge in [-0.1, -0.05) is 13.0 Å². The van der Waals surface area contributed by atoms with Crippen molar-refractivity contribution in [1.29, 1.82) is 0 Å². The van der Waals surface area contributed by atoms with E-state index in [1.54, 1.807) is 24.3 Å². The number of benzene rings is 1. The number of nitrogens with one attached hydrogen (secondary N) is 1. The molecule has 1 N–H and O–H groups in total. The molecule has 31 heavy (non-hydrogen) atoms. The zero-order valence-corrected chi connectivity index (χ0v) is 17.8. The number of esters is 1. The highest BCUT2D eigenvalue weighted by Crippen LogP contribution is 2.30. The zero-order valence-electron chi connectivity index (χ0n) is 17.8. The van der Waals surface area contributed by atoms with Gasteiger partial charge >= 0.3 is 12.0 Å². The SMILES string of the molecule is CC[C@@H](C)Oc1ccc(/C=C2\NC(=O)N(Cc3ccc(C(=O)OC)o3)C2=O)cc1OC. The average molecular weight is 428 g/mol. The molecule has 1 aromatic carbocycles. The molecule has 0 saturated carbocycles. The van der Waals surface area contributed by atoms with Gasteiger partial charge < -0.3 is 23.9 Å². The van der Waals surface area contributed by atoms with Gasteiger partial charge in [0.1, 0.15) is 11.5 Å². The molecule has 1 aromatic heterocycles. The van der Waals surface area contributed by atoms with Gasteiger partial charge in [0.15, 0.2) is 11.5 Å². The third-order valence-corrected chi connectivity index (χ3v) is 4.73.